The molecule has 27 heavy (non-hydrogen) atoms. The summed E-state index contributed by atoms with van der Waals surface area (Å²) in [6.07, 6.45) is 3.31. The van der Waals surface area contributed by atoms with Gasteiger partial charge < -0.3 is 0 Å². The fourth-order valence-electron chi connectivity index (χ4n) is 3.41. The second-order valence-corrected chi connectivity index (χ2v) is 7.81. The van der Waals surface area contributed by atoms with Crippen LogP contribution in [0.1, 0.15) is 76.0 Å². The summed E-state index contributed by atoms with van der Waals surface area (Å²) < 4.78 is 1.81. The van der Waals surface area contributed by atoms with E-state index in [9.17, 15) is 0 Å². The van der Waals surface area contributed by atoms with Crippen molar-refractivity contribution in [2.75, 3.05) is 0 Å². The molecule has 0 N–H and O–H groups in total. The second kappa shape index (κ2) is 8.95. The Morgan fingerprint density at radius 1 is 0.926 bits per heavy atom. The molecule has 0 saturated carbocycles. The molecule has 3 rings (SSSR count). The van der Waals surface area contributed by atoms with E-state index in [1.54, 1.807) is 17.3 Å². The SMILES string of the molecule is CC(C)c1cc(C(C)C)c(-c2ccc[c-]c2-n2cncn2)c(C(C)C)c1.[Ir]. The van der Waals surface area contributed by atoms with E-state index in [4.69, 9.17) is 0 Å². The van der Waals surface area contributed by atoms with Crippen LogP contribution < -0.4 is 0 Å². The van der Waals surface area contributed by atoms with E-state index < -0.39 is 0 Å². The maximum absolute atomic E-state index is 4.34. The van der Waals surface area contributed by atoms with Crippen LogP contribution in [0.5, 0.6) is 0 Å². The van der Waals surface area contributed by atoms with Gasteiger partial charge in [-0.2, -0.15) is 29.4 Å². The molecule has 1 heterocycles. The fraction of sp³-hybridized carbons (Fsp3) is 0.391. The van der Waals surface area contributed by atoms with Gasteiger partial charge >= 0.3 is 0 Å². The third-order valence-corrected chi connectivity index (χ3v) is 4.88. The van der Waals surface area contributed by atoms with Crippen LogP contribution in [-0.2, 0) is 20.1 Å². The summed E-state index contributed by atoms with van der Waals surface area (Å²) in [5.41, 5.74) is 7.62. The number of hydrogen-bond acceptors (Lipinski definition) is 2. The van der Waals surface area contributed by atoms with E-state index in [-0.39, 0.29) is 20.1 Å². The second-order valence-electron chi connectivity index (χ2n) is 7.81. The van der Waals surface area contributed by atoms with Gasteiger partial charge in [0.1, 0.15) is 12.7 Å². The van der Waals surface area contributed by atoms with Crippen molar-refractivity contribution in [3.8, 4) is 16.8 Å². The van der Waals surface area contributed by atoms with Crippen LogP contribution >= 0.6 is 0 Å². The van der Waals surface area contributed by atoms with E-state index in [0.717, 1.165) is 5.69 Å². The third kappa shape index (κ3) is 4.39. The zero-order valence-electron chi connectivity index (χ0n) is 16.9. The van der Waals surface area contributed by atoms with E-state index in [1.807, 2.05) is 6.07 Å². The molecule has 0 atom stereocenters. The summed E-state index contributed by atoms with van der Waals surface area (Å²) in [4.78, 5) is 4.12. The zero-order chi connectivity index (χ0) is 18.8. The van der Waals surface area contributed by atoms with E-state index in [1.165, 1.54) is 27.8 Å². The number of hydrogen-bond donors (Lipinski definition) is 0. The van der Waals surface area contributed by atoms with Crippen molar-refractivity contribution in [3.63, 3.8) is 0 Å². The summed E-state index contributed by atoms with van der Waals surface area (Å²) in [6.45, 7) is 13.6. The van der Waals surface area contributed by atoms with Crippen molar-refractivity contribution in [2.45, 2.75) is 59.3 Å². The molecule has 1 aromatic heterocycles. The van der Waals surface area contributed by atoms with Gasteiger partial charge in [0.15, 0.2) is 0 Å². The summed E-state index contributed by atoms with van der Waals surface area (Å²) in [7, 11) is 0. The molecule has 0 aliphatic rings. The summed E-state index contributed by atoms with van der Waals surface area (Å²) >= 11 is 0. The number of nitrogens with zero attached hydrogens (tertiary/aromatic N) is 3. The van der Waals surface area contributed by atoms with Gasteiger partial charge in [0, 0.05) is 20.1 Å². The first-order chi connectivity index (χ1) is 12.4. The van der Waals surface area contributed by atoms with Gasteiger partial charge in [-0.3, -0.25) is 0 Å². The standard InChI is InChI=1S/C23H28N3.Ir/c1-15(2)18-11-20(16(3)4)23(21(12-18)17(5)6)19-9-7-8-10-22(19)26-14-24-13-25-26;/h7-9,11-17H,1-6H3;/q-1;. The summed E-state index contributed by atoms with van der Waals surface area (Å²) in [5, 5.41) is 4.34. The van der Waals surface area contributed by atoms with E-state index in [0.29, 0.717) is 17.8 Å². The molecular weight excluding hydrogens is 510 g/mol. The van der Waals surface area contributed by atoms with Gasteiger partial charge in [0.2, 0.25) is 0 Å². The molecule has 0 spiro atoms. The molecular formula is C23H28IrN3-. The van der Waals surface area contributed by atoms with E-state index >= 15 is 0 Å². The molecule has 0 amide bonds. The molecule has 3 nitrogen and oxygen atoms in total. The van der Waals surface area contributed by atoms with Crippen LogP contribution in [0.25, 0.3) is 16.8 Å². The van der Waals surface area contributed by atoms with Crippen molar-refractivity contribution in [2.24, 2.45) is 0 Å². The molecule has 0 unspecified atom stereocenters. The van der Waals surface area contributed by atoms with Crippen molar-refractivity contribution in [3.05, 3.63) is 65.7 Å². The van der Waals surface area contributed by atoms with Crippen LogP contribution in [-0.4, -0.2) is 14.8 Å². The zero-order valence-corrected chi connectivity index (χ0v) is 19.3. The third-order valence-electron chi connectivity index (χ3n) is 4.88. The maximum Gasteiger partial charge on any atom is 0.138 e. The van der Waals surface area contributed by atoms with Gasteiger partial charge in [-0.25, -0.2) is 9.67 Å². The predicted molar refractivity (Wildman–Crippen MR) is 108 cm³/mol. The Bertz CT molecular complexity index is 851. The van der Waals surface area contributed by atoms with Crippen LogP contribution in [0.4, 0.5) is 0 Å². The van der Waals surface area contributed by atoms with Crippen molar-refractivity contribution < 1.29 is 20.1 Å². The monoisotopic (exact) mass is 539 g/mol. The first-order valence-electron chi connectivity index (χ1n) is 9.44. The normalized spacial score (nSPS) is 11.3. The molecule has 2 aromatic carbocycles. The molecule has 0 fully saturated rings. The van der Waals surface area contributed by atoms with Crippen molar-refractivity contribution >= 4 is 0 Å². The van der Waals surface area contributed by atoms with Gasteiger partial charge in [-0.05, 0) is 40.1 Å². The fourth-order valence-corrected chi connectivity index (χ4v) is 3.41. The van der Waals surface area contributed by atoms with Gasteiger partial charge in [-0.1, -0.05) is 59.2 Å². The molecule has 3 aromatic rings. The van der Waals surface area contributed by atoms with Crippen molar-refractivity contribution in [1.82, 2.24) is 14.8 Å². The molecule has 4 heteroatoms. The minimum absolute atomic E-state index is 0. The Morgan fingerprint density at radius 2 is 1.56 bits per heavy atom. The van der Waals surface area contributed by atoms with Gasteiger partial charge in [-0.15, -0.1) is 5.56 Å². The summed E-state index contributed by atoms with van der Waals surface area (Å²) in [5.74, 6) is 1.38. The molecule has 1 radical (unpaired) electrons. The number of benzene rings is 2. The van der Waals surface area contributed by atoms with Crippen LogP contribution in [0, 0.1) is 6.07 Å². The predicted octanol–water partition coefficient (Wildman–Crippen LogP) is 6.10. The van der Waals surface area contributed by atoms with Crippen molar-refractivity contribution in [1.29, 1.82) is 0 Å². The average Bonchev–Trinajstić information content (AvgIpc) is 3.14. The minimum atomic E-state index is 0. The quantitative estimate of drug-likeness (QED) is 0.368. The largest absolute Gasteiger partial charge is 0.245 e. The number of para-hydroxylation sites is 1. The average molecular weight is 539 g/mol. The minimum Gasteiger partial charge on any atom is -0.245 e. The Morgan fingerprint density at radius 3 is 2.04 bits per heavy atom. The first kappa shape index (κ1) is 21.5. The molecule has 0 aliphatic carbocycles. The Balaban J connectivity index is 0.00000261. The Kier molecular flexibility index (Phi) is 7.13. The molecule has 0 bridgehead atoms. The van der Waals surface area contributed by atoms with Crippen LogP contribution in [0.2, 0.25) is 0 Å². The topological polar surface area (TPSA) is 30.7 Å². The Hall–Kier alpha value is -1.77. The maximum atomic E-state index is 4.34. The first-order valence-corrected chi connectivity index (χ1v) is 9.44. The number of aromatic nitrogens is 3. The molecule has 145 valence electrons. The Labute approximate surface area is 176 Å². The van der Waals surface area contributed by atoms with Crippen LogP contribution in [0.15, 0.2) is 43.0 Å². The van der Waals surface area contributed by atoms with Crippen LogP contribution in [0.3, 0.4) is 0 Å². The smallest absolute Gasteiger partial charge is 0.138 e. The van der Waals surface area contributed by atoms with E-state index in [2.05, 4.69) is 82.0 Å². The molecule has 0 aliphatic heterocycles. The molecule has 0 saturated heterocycles. The van der Waals surface area contributed by atoms with Gasteiger partial charge in [0.05, 0.1) is 0 Å². The number of rotatable bonds is 5. The van der Waals surface area contributed by atoms with Gasteiger partial charge in [0.25, 0.3) is 0 Å². The summed E-state index contributed by atoms with van der Waals surface area (Å²) in [6, 6.07) is 14.3.